The number of carbonyl (C=O) groups excluding carboxylic acids is 1. The highest BCUT2D eigenvalue weighted by molar-refractivity contribution is 5.81. The molecule has 3 nitrogen and oxygen atoms in total. The molecular formula is C18H27NO2. The fourth-order valence-corrected chi connectivity index (χ4v) is 2.69. The molecule has 0 heterocycles. The lowest BCUT2D eigenvalue weighted by molar-refractivity contribution is -0.128. The summed E-state index contributed by atoms with van der Waals surface area (Å²) in [6.07, 6.45) is 5.11. The van der Waals surface area contributed by atoms with E-state index in [9.17, 15) is 4.79 Å². The van der Waals surface area contributed by atoms with E-state index in [1.54, 1.807) is 0 Å². The molecule has 1 atom stereocenters. The van der Waals surface area contributed by atoms with E-state index in [-0.39, 0.29) is 5.91 Å². The SMILES string of the molecule is CC[C@@H](Oc1ccc2c(c1)CCCC2)C(=O)NCC(C)C. The third kappa shape index (κ3) is 4.48. The van der Waals surface area contributed by atoms with Crippen LogP contribution in [0.2, 0.25) is 0 Å². The first-order valence-corrected chi connectivity index (χ1v) is 8.16. The molecule has 0 unspecified atom stereocenters. The van der Waals surface area contributed by atoms with Crippen LogP contribution in [0.4, 0.5) is 0 Å². The summed E-state index contributed by atoms with van der Waals surface area (Å²) >= 11 is 0. The fourth-order valence-electron chi connectivity index (χ4n) is 2.69. The zero-order valence-electron chi connectivity index (χ0n) is 13.4. The molecule has 1 amide bonds. The second kappa shape index (κ2) is 7.48. The Balaban J connectivity index is 1.99. The smallest absolute Gasteiger partial charge is 0.261 e. The van der Waals surface area contributed by atoms with Gasteiger partial charge in [-0.3, -0.25) is 4.79 Å². The Morgan fingerprint density at radius 1 is 1.24 bits per heavy atom. The van der Waals surface area contributed by atoms with Gasteiger partial charge >= 0.3 is 0 Å². The van der Waals surface area contributed by atoms with Gasteiger partial charge in [-0.15, -0.1) is 0 Å². The highest BCUT2D eigenvalue weighted by Gasteiger charge is 2.19. The van der Waals surface area contributed by atoms with Crippen LogP contribution in [0.15, 0.2) is 18.2 Å². The Hall–Kier alpha value is -1.51. The van der Waals surface area contributed by atoms with Crippen molar-refractivity contribution in [3.8, 4) is 5.75 Å². The van der Waals surface area contributed by atoms with Crippen LogP contribution < -0.4 is 10.1 Å². The molecule has 2 rings (SSSR count). The Labute approximate surface area is 128 Å². The summed E-state index contributed by atoms with van der Waals surface area (Å²) in [5.74, 6) is 1.27. The molecule has 0 fully saturated rings. The number of benzene rings is 1. The van der Waals surface area contributed by atoms with Crippen LogP contribution in [0.25, 0.3) is 0 Å². The van der Waals surface area contributed by atoms with Crippen molar-refractivity contribution in [1.29, 1.82) is 0 Å². The van der Waals surface area contributed by atoms with Crippen LogP contribution >= 0.6 is 0 Å². The van der Waals surface area contributed by atoms with Crippen LogP contribution in [0.3, 0.4) is 0 Å². The maximum absolute atomic E-state index is 12.1. The lowest BCUT2D eigenvalue weighted by Gasteiger charge is -2.20. The zero-order chi connectivity index (χ0) is 15.2. The van der Waals surface area contributed by atoms with E-state index in [1.807, 2.05) is 13.0 Å². The van der Waals surface area contributed by atoms with Crippen molar-refractivity contribution in [2.45, 2.75) is 59.0 Å². The predicted molar refractivity (Wildman–Crippen MR) is 85.6 cm³/mol. The number of ether oxygens (including phenoxy) is 1. The normalized spacial score (nSPS) is 15.4. The van der Waals surface area contributed by atoms with E-state index < -0.39 is 6.10 Å². The largest absolute Gasteiger partial charge is 0.481 e. The number of nitrogens with one attached hydrogen (secondary N) is 1. The Kier molecular flexibility index (Phi) is 5.66. The van der Waals surface area contributed by atoms with Crippen LogP contribution in [-0.4, -0.2) is 18.6 Å². The average molecular weight is 289 g/mol. The van der Waals surface area contributed by atoms with Crippen LogP contribution in [0.5, 0.6) is 5.75 Å². The summed E-state index contributed by atoms with van der Waals surface area (Å²) in [6, 6.07) is 6.28. The molecule has 0 aliphatic heterocycles. The van der Waals surface area contributed by atoms with Gasteiger partial charge in [0.2, 0.25) is 0 Å². The number of hydrogen-bond acceptors (Lipinski definition) is 2. The van der Waals surface area contributed by atoms with Crippen molar-refractivity contribution in [2.75, 3.05) is 6.54 Å². The molecule has 1 aliphatic rings. The van der Waals surface area contributed by atoms with Gasteiger partial charge in [0.15, 0.2) is 6.10 Å². The molecule has 0 bridgehead atoms. The molecule has 1 aromatic carbocycles. The standard InChI is InChI=1S/C18H27NO2/c1-4-17(18(20)19-12-13(2)3)21-16-10-9-14-7-5-6-8-15(14)11-16/h9-11,13,17H,4-8,12H2,1-3H3,(H,19,20)/t17-/m1/s1. The van der Waals surface area contributed by atoms with Gasteiger partial charge in [-0.25, -0.2) is 0 Å². The first kappa shape index (κ1) is 15.9. The second-order valence-electron chi connectivity index (χ2n) is 6.29. The summed E-state index contributed by atoms with van der Waals surface area (Å²) in [6.45, 7) is 6.86. The molecule has 1 aliphatic carbocycles. The topological polar surface area (TPSA) is 38.3 Å². The summed E-state index contributed by atoms with van der Waals surface area (Å²) in [5, 5.41) is 2.95. The van der Waals surface area contributed by atoms with E-state index in [2.05, 4.69) is 31.3 Å². The van der Waals surface area contributed by atoms with Gasteiger partial charge in [0.1, 0.15) is 5.75 Å². The third-order valence-corrected chi connectivity index (χ3v) is 3.95. The van der Waals surface area contributed by atoms with E-state index in [0.29, 0.717) is 18.9 Å². The second-order valence-corrected chi connectivity index (χ2v) is 6.29. The molecule has 21 heavy (non-hydrogen) atoms. The van der Waals surface area contributed by atoms with Crippen molar-refractivity contribution in [3.63, 3.8) is 0 Å². The minimum atomic E-state index is -0.398. The van der Waals surface area contributed by atoms with Gasteiger partial charge in [-0.05, 0) is 61.3 Å². The minimum absolute atomic E-state index is 0.0103. The highest BCUT2D eigenvalue weighted by Crippen LogP contribution is 2.26. The summed E-state index contributed by atoms with van der Waals surface area (Å²) in [5.41, 5.74) is 2.82. The number of rotatable bonds is 6. The Morgan fingerprint density at radius 2 is 1.95 bits per heavy atom. The van der Waals surface area contributed by atoms with Crippen LogP contribution in [0, 0.1) is 5.92 Å². The number of hydrogen-bond donors (Lipinski definition) is 1. The maximum Gasteiger partial charge on any atom is 0.261 e. The number of amides is 1. The average Bonchev–Trinajstić information content (AvgIpc) is 2.50. The molecule has 3 heteroatoms. The number of carbonyl (C=O) groups is 1. The molecule has 116 valence electrons. The van der Waals surface area contributed by atoms with Gasteiger partial charge < -0.3 is 10.1 Å². The van der Waals surface area contributed by atoms with E-state index in [1.165, 1.54) is 30.4 Å². The summed E-state index contributed by atoms with van der Waals surface area (Å²) < 4.78 is 5.91. The highest BCUT2D eigenvalue weighted by atomic mass is 16.5. The first-order valence-electron chi connectivity index (χ1n) is 8.16. The maximum atomic E-state index is 12.1. The zero-order valence-corrected chi connectivity index (χ0v) is 13.4. The van der Waals surface area contributed by atoms with Crippen molar-refractivity contribution in [3.05, 3.63) is 29.3 Å². The first-order chi connectivity index (χ1) is 10.1. The van der Waals surface area contributed by atoms with Gasteiger partial charge in [0.25, 0.3) is 5.91 Å². The molecule has 1 aromatic rings. The van der Waals surface area contributed by atoms with Crippen molar-refractivity contribution < 1.29 is 9.53 Å². The van der Waals surface area contributed by atoms with Gasteiger partial charge in [-0.2, -0.15) is 0 Å². The third-order valence-electron chi connectivity index (χ3n) is 3.95. The fraction of sp³-hybridized carbons (Fsp3) is 0.611. The minimum Gasteiger partial charge on any atom is -0.481 e. The lowest BCUT2D eigenvalue weighted by Crippen LogP contribution is -2.39. The van der Waals surface area contributed by atoms with Gasteiger partial charge in [0, 0.05) is 6.54 Å². The number of aryl methyl sites for hydroxylation is 2. The lowest BCUT2D eigenvalue weighted by atomic mass is 9.92. The summed E-state index contributed by atoms with van der Waals surface area (Å²) in [7, 11) is 0. The molecular weight excluding hydrogens is 262 g/mol. The predicted octanol–water partition coefficient (Wildman–Crippen LogP) is 3.50. The molecule has 0 radical (unpaired) electrons. The van der Waals surface area contributed by atoms with Gasteiger partial charge in [-0.1, -0.05) is 26.8 Å². The van der Waals surface area contributed by atoms with Crippen LogP contribution in [0.1, 0.15) is 51.2 Å². The Bertz CT molecular complexity index is 482. The van der Waals surface area contributed by atoms with Gasteiger partial charge in [0.05, 0.1) is 0 Å². The summed E-state index contributed by atoms with van der Waals surface area (Å²) in [4.78, 5) is 12.1. The number of fused-ring (bicyclic) bond motifs is 1. The Morgan fingerprint density at radius 3 is 2.62 bits per heavy atom. The molecule has 0 aromatic heterocycles. The molecule has 0 spiro atoms. The van der Waals surface area contributed by atoms with Crippen LogP contribution in [-0.2, 0) is 17.6 Å². The molecule has 0 saturated heterocycles. The van der Waals surface area contributed by atoms with Crippen molar-refractivity contribution in [2.24, 2.45) is 5.92 Å². The van der Waals surface area contributed by atoms with Crippen molar-refractivity contribution in [1.82, 2.24) is 5.32 Å². The van der Waals surface area contributed by atoms with E-state index >= 15 is 0 Å². The quantitative estimate of drug-likeness (QED) is 0.870. The molecule has 1 N–H and O–H groups in total. The van der Waals surface area contributed by atoms with E-state index in [0.717, 1.165) is 12.2 Å². The molecule has 0 saturated carbocycles. The van der Waals surface area contributed by atoms with Crippen molar-refractivity contribution >= 4 is 5.91 Å². The monoisotopic (exact) mass is 289 g/mol. The van der Waals surface area contributed by atoms with E-state index in [4.69, 9.17) is 4.74 Å².